The molecule has 0 amide bonds. The zero-order chi connectivity index (χ0) is 11.3. The minimum Gasteiger partial charge on any atom is -0.480 e. The zero-order valence-corrected chi connectivity index (χ0v) is 9.48. The van der Waals surface area contributed by atoms with Gasteiger partial charge in [-0.15, -0.1) is 0 Å². The molecule has 88 valence electrons. The van der Waals surface area contributed by atoms with Gasteiger partial charge in [0.15, 0.2) is 0 Å². The summed E-state index contributed by atoms with van der Waals surface area (Å²) < 4.78 is 0. The van der Waals surface area contributed by atoms with Crippen molar-refractivity contribution in [2.75, 3.05) is 20.1 Å². The normalized spacial score (nSPS) is 19.7. The molecule has 4 heteroatoms. The fourth-order valence-electron chi connectivity index (χ4n) is 2.21. The highest BCUT2D eigenvalue weighted by Crippen LogP contribution is 2.25. The predicted molar refractivity (Wildman–Crippen MR) is 59.7 cm³/mol. The van der Waals surface area contributed by atoms with Crippen LogP contribution >= 0.6 is 0 Å². The van der Waals surface area contributed by atoms with Crippen LogP contribution in [0.3, 0.4) is 0 Å². The van der Waals surface area contributed by atoms with Gasteiger partial charge in [-0.2, -0.15) is 0 Å². The Labute approximate surface area is 91.4 Å². The molecule has 0 bridgehead atoms. The molecule has 1 aliphatic carbocycles. The quantitative estimate of drug-likeness (QED) is 0.689. The Morgan fingerprint density at radius 2 is 2.13 bits per heavy atom. The fourth-order valence-corrected chi connectivity index (χ4v) is 2.21. The zero-order valence-electron chi connectivity index (χ0n) is 9.48. The van der Waals surface area contributed by atoms with Crippen LogP contribution < -0.4 is 5.73 Å². The van der Waals surface area contributed by atoms with Crippen LogP contribution in [-0.2, 0) is 4.79 Å². The Bertz CT molecular complexity index is 203. The Morgan fingerprint density at radius 3 is 2.67 bits per heavy atom. The Hall–Kier alpha value is -0.610. The van der Waals surface area contributed by atoms with Gasteiger partial charge in [-0.05, 0) is 38.8 Å². The van der Waals surface area contributed by atoms with Gasteiger partial charge < -0.3 is 15.7 Å². The number of carbonyl (C=O) groups is 1. The summed E-state index contributed by atoms with van der Waals surface area (Å²) in [6.45, 7) is 1.87. The Kier molecular flexibility index (Phi) is 5.05. The molecule has 1 rings (SSSR count). The highest BCUT2D eigenvalue weighted by molar-refractivity contribution is 5.72. The van der Waals surface area contributed by atoms with Crippen molar-refractivity contribution in [2.45, 2.75) is 38.1 Å². The van der Waals surface area contributed by atoms with Crippen LogP contribution in [0.25, 0.3) is 0 Å². The summed E-state index contributed by atoms with van der Waals surface area (Å²) in [4.78, 5) is 12.7. The van der Waals surface area contributed by atoms with E-state index in [1.165, 1.54) is 25.7 Å². The van der Waals surface area contributed by atoms with Crippen LogP contribution in [0.4, 0.5) is 0 Å². The number of nitrogens with zero attached hydrogens (tertiary/aromatic N) is 1. The van der Waals surface area contributed by atoms with Gasteiger partial charge in [0, 0.05) is 6.54 Å². The lowest BCUT2D eigenvalue weighted by atomic mass is 10.1. The number of aliphatic carboxylic acids is 1. The first-order chi connectivity index (χ1) is 7.09. The van der Waals surface area contributed by atoms with Crippen LogP contribution in [0, 0.1) is 5.92 Å². The fraction of sp³-hybridized carbons (Fsp3) is 0.909. The number of nitrogens with two attached hydrogens (primary N) is 1. The minimum atomic E-state index is -0.899. The number of hydrogen-bond donors (Lipinski definition) is 2. The van der Waals surface area contributed by atoms with E-state index in [0.717, 1.165) is 19.0 Å². The summed E-state index contributed by atoms with van der Waals surface area (Å²) in [5.41, 5.74) is 5.45. The maximum Gasteiger partial charge on any atom is 0.320 e. The third-order valence-corrected chi connectivity index (χ3v) is 3.18. The summed E-state index contributed by atoms with van der Waals surface area (Å²) in [6, 6.07) is -0.712. The molecule has 4 nitrogen and oxygen atoms in total. The van der Waals surface area contributed by atoms with Gasteiger partial charge in [0.2, 0.25) is 0 Å². The SMILES string of the molecule is CN(CCC(N)C(=O)O)CC1CCCC1. The summed E-state index contributed by atoms with van der Waals surface area (Å²) in [5.74, 6) is -0.0830. The molecule has 0 aliphatic heterocycles. The second-order valence-electron chi connectivity index (χ2n) is 4.65. The van der Waals surface area contributed by atoms with E-state index in [1.807, 2.05) is 7.05 Å². The molecule has 0 saturated heterocycles. The number of carboxylic acid groups (broad SMARTS) is 1. The third-order valence-electron chi connectivity index (χ3n) is 3.18. The molecule has 0 radical (unpaired) electrons. The molecule has 1 unspecified atom stereocenters. The van der Waals surface area contributed by atoms with Gasteiger partial charge >= 0.3 is 5.97 Å². The second kappa shape index (κ2) is 6.08. The van der Waals surface area contributed by atoms with Gasteiger partial charge in [0.1, 0.15) is 6.04 Å². The van der Waals surface area contributed by atoms with Gasteiger partial charge in [-0.3, -0.25) is 4.79 Å². The Balaban J connectivity index is 2.12. The molecule has 1 aliphatic rings. The maximum atomic E-state index is 10.5. The average Bonchev–Trinajstić information content (AvgIpc) is 2.66. The molecule has 0 aromatic carbocycles. The molecular formula is C11H22N2O2. The first-order valence-electron chi connectivity index (χ1n) is 5.76. The van der Waals surface area contributed by atoms with Crippen molar-refractivity contribution in [3.05, 3.63) is 0 Å². The van der Waals surface area contributed by atoms with E-state index in [-0.39, 0.29) is 0 Å². The smallest absolute Gasteiger partial charge is 0.320 e. The molecule has 0 spiro atoms. The van der Waals surface area contributed by atoms with E-state index < -0.39 is 12.0 Å². The molecule has 3 N–H and O–H groups in total. The molecule has 0 heterocycles. The van der Waals surface area contributed by atoms with E-state index in [0.29, 0.717) is 6.42 Å². The molecule has 1 atom stereocenters. The monoisotopic (exact) mass is 214 g/mol. The Morgan fingerprint density at radius 1 is 1.53 bits per heavy atom. The van der Waals surface area contributed by atoms with Gasteiger partial charge in [-0.1, -0.05) is 12.8 Å². The second-order valence-corrected chi connectivity index (χ2v) is 4.65. The van der Waals surface area contributed by atoms with Gasteiger partial charge in [0.05, 0.1) is 0 Å². The lowest BCUT2D eigenvalue weighted by molar-refractivity contribution is -0.138. The lowest BCUT2D eigenvalue weighted by Crippen LogP contribution is -2.35. The molecule has 0 aromatic rings. The molecule has 1 fully saturated rings. The van der Waals surface area contributed by atoms with Crippen LogP contribution in [0.2, 0.25) is 0 Å². The van der Waals surface area contributed by atoms with Crippen molar-refractivity contribution < 1.29 is 9.90 Å². The number of rotatable bonds is 6. The summed E-state index contributed by atoms with van der Waals surface area (Å²) >= 11 is 0. The van der Waals surface area contributed by atoms with Crippen molar-refractivity contribution in [1.29, 1.82) is 0 Å². The van der Waals surface area contributed by atoms with Crippen LogP contribution in [0.1, 0.15) is 32.1 Å². The van der Waals surface area contributed by atoms with E-state index in [4.69, 9.17) is 10.8 Å². The average molecular weight is 214 g/mol. The number of carboxylic acids is 1. The minimum absolute atomic E-state index is 0.540. The largest absolute Gasteiger partial charge is 0.480 e. The van der Waals surface area contributed by atoms with Crippen LogP contribution in [0.5, 0.6) is 0 Å². The summed E-state index contributed by atoms with van der Waals surface area (Å²) in [6.07, 6.45) is 5.91. The van der Waals surface area contributed by atoms with Crippen LogP contribution in [-0.4, -0.2) is 42.2 Å². The van der Waals surface area contributed by atoms with Gasteiger partial charge in [0.25, 0.3) is 0 Å². The maximum absolute atomic E-state index is 10.5. The molecule has 15 heavy (non-hydrogen) atoms. The highest BCUT2D eigenvalue weighted by Gasteiger charge is 2.18. The van der Waals surface area contributed by atoms with Crippen molar-refractivity contribution in [2.24, 2.45) is 11.7 Å². The van der Waals surface area contributed by atoms with E-state index >= 15 is 0 Å². The molecule has 1 saturated carbocycles. The first-order valence-corrected chi connectivity index (χ1v) is 5.76. The van der Waals surface area contributed by atoms with Crippen LogP contribution in [0.15, 0.2) is 0 Å². The lowest BCUT2D eigenvalue weighted by Gasteiger charge is -2.21. The van der Waals surface area contributed by atoms with Crippen molar-refractivity contribution in [1.82, 2.24) is 4.90 Å². The van der Waals surface area contributed by atoms with E-state index in [9.17, 15) is 4.79 Å². The standard InChI is InChI=1S/C11H22N2O2/c1-13(7-6-10(12)11(14)15)8-9-4-2-3-5-9/h9-10H,2-8,12H2,1H3,(H,14,15). The summed E-state index contributed by atoms with van der Waals surface area (Å²) in [7, 11) is 2.05. The van der Waals surface area contributed by atoms with Crippen molar-refractivity contribution >= 4 is 5.97 Å². The van der Waals surface area contributed by atoms with Crippen molar-refractivity contribution in [3.63, 3.8) is 0 Å². The highest BCUT2D eigenvalue weighted by atomic mass is 16.4. The predicted octanol–water partition coefficient (Wildman–Crippen LogP) is 0.910. The summed E-state index contributed by atoms with van der Waals surface area (Å²) in [5, 5.41) is 8.64. The third kappa shape index (κ3) is 4.62. The van der Waals surface area contributed by atoms with E-state index in [1.54, 1.807) is 0 Å². The van der Waals surface area contributed by atoms with Crippen molar-refractivity contribution in [3.8, 4) is 0 Å². The molecule has 0 aromatic heterocycles. The van der Waals surface area contributed by atoms with E-state index in [2.05, 4.69) is 4.90 Å². The first kappa shape index (κ1) is 12.5. The topological polar surface area (TPSA) is 66.6 Å². The number of hydrogen-bond acceptors (Lipinski definition) is 3. The van der Waals surface area contributed by atoms with Gasteiger partial charge in [-0.25, -0.2) is 0 Å². The molecular weight excluding hydrogens is 192 g/mol.